The summed E-state index contributed by atoms with van der Waals surface area (Å²) < 4.78 is 0. The Morgan fingerprint density at radius 2 is 1.79 bits per heavy atom. The topological polar surface area (TPSA) is 96.0 Å². The minimum Gasteiger partial charge on any atom is -0.372 e. The summed E-state index contributed by atoms with van der Waals surface area (Å²) in [6.07, 6.45) is 0. The van der Waals surface area contributed by atoms with Crippen LogP contribution in [0.1, 0.15) is 11.1 Å². The molecule has 0 saturated heterocycles. The number of aromatic nitrogens is 2. The number of para-hydroxylation sites is 1. The lowest BCUT2D eigenvalue weighted by molar-refractivity contribution is -0.122. The summed E-state index contributed by atoms with van der Waals surface area (Å²) in [5, 5.41) is 9.93. The number of amides is 2. The molecule has 8 heteroatoms. The van der Waals surface area contributed by atoms with Gasteiger partial charge in [0.2, 0.25) is 11.8 Å². The highest BCUT2D eigenvalue weighted by molar-refractivity contribution is 7.99. The highest BCUT2D eigenvalue weighted by Crippen LogP contribution is 2.23. The zero-order chi connectivity index (χ0) is 20.8. The van der Waals surface area contributed by atoms with Crippen LogP contribution in [0.15, 0.2) is 47.6 Å². The Morgan fingerprint density at radius 3 is 2.59 bits per heavy atom. The molecule has 0 bridgehead atoms. The molecule has 0 aliphatic rings. The van der Waals surface area contributed by atoms with Gasteiger partial charge < -0.3 is 16.0 Å². The molecule has 0 aliphatic heterocycles. The number of thioether (sulfide) groups is 1. The van der Waals surface area contributed by atoms with Crippen molar-refractivity contribution in [3.05, 3.63) is 53.6 Å². The number of fused-ring (bicyclic) bond motifs is 1. The monoisotopic (exact) mass is 409 g/mol. The van der Waals surface area contributed by atoms with Gasteiger partial charge in [-0.25, -0.2) is 9.97 Å². The number of hydrogen-bond acceptors (Lipinski definition) is 6. The van der Waals surface area contributed by atoms with E-state index in [1.54, 1.807) is 7.05 Å². The summed E-state index contributed by atoms with van der Waals surface area (Å²) >= 11 is 1.23. The zero-order valence-corrected chi connectivity index (χ0v) is 17.4. The number of nitrogens with zero attached hydrogens (tertiary/aromatic N) is 2. The first-order valence-corrected chi connectivity index (χ1v) is 10.2. The molecule has 7 nitrogen and oxygen atoms in total. The molecule has 3 rings (SSSR count). The fraction of sp³-hybridized carbons (Fsp3) is 0.238. The molecular formula is C21H23N5O2S. The van der Waals surface area contributed by atoms with Gasteiger partial charge >= 0.3 is 0 Å². The molecule has 0 radical (unpaired) electrons. The lowest BCUT2D eigenvalue weighted by Gasteiger charge is -2.11. The van der Waals surface area contributed by atoms with E-state index in [1.807, 2.05) is 56.3 Å². The first kappa shape index (κ1) is 20.6. The molecule has 150 valence electrons. The Kier molecular flexibility index (Phi) is 6.66. The molecule has 1 heterocycles. The van der Waals surface area contributed by atoms with Crippen LogP contribution < -0.4 is 16.0 Å². The van der Waals surface area contributed by atoms with Crippen LogP contribution in [0, 0.1) is 13.8 Å². The van der Waals surface area contributed by atoms with Gasteiger partial charge in [0.05, 0.1) is 17.8 Å². The fourth-order valence-electron chi connectivity index (χ4n) is 2.75. The molecular weight excluding hydrogens is 386 g/mol. The van der Waals surface area contributed by atoms with Crippen LogP contribution in [0.3, 0.4) is 0 Å². The van der Waals surface area contributed by atoms with Gasteiger partial charge in [0.15, 0.2) is 5.16 Å². The molecule has 0 fully saturated rings. The number of nitrogens with one attached hydrogen (secondary N) is 3. The summed E-state index contributed by atoms with van der Waals surface area (Å²) in [6, 6.07) is 13.4. The normalized spacial score (nSPS) is 10.6. The zero-order valence-electron chi connectivity index (χ0n) is 16.6. The van der Waals surface area contributed by atoms with E-state index in [4.69, 9.17) is 0 Å². The molecule has 2 aromatic carbocycles. The van der Waals surface area contributed by atoms with Gasteiger partial charge in [0.1, 0.15) is 5.82 Å². The summed E-state index contributed by atoms with van der Waals surface area (Å²) in [4.78, 5) is 33.2. The SMILES string of the molecule is CNc1nc(SCC(=O)NCC(=O)Nc2cccc(C)c2C)nc2ccccc12. The average molecular weight is 410 g/mol. The van der Waals surface area contributed by atoms with E-state index in [-0.39, 0.29) is 24.1 Å². The first-order chi connectivity index (χ1) is 14.0. The van der Waals surface area contributed by atoms with Gasteiger partial charge in [0, 0.05) is 18.1 Å². The molecule has 0 aliphatic carbocycles. The van der Waals surface area contributed by atoms with Crippen molar-refractivity contribution in [3.63, 3.8) is 0 Å². The van der Waals surface area contributed by atoms with E-state index in [0.29, 0.717) is 11.0 Å². The van der Waals surface area contributed by atoms with E-state index in [1.165, 1.54) is 11.8 Å². The summed E-state index contributed by atoms with van der Waals surface area (Å²) in [7, 11) is 1.80. The number of hydrogen-bond donors (Lipinski definition) is 3. The molecule has 0 saturated carbocycles. The third-order valence-corrected chi connectivity index (χ3v) is 5.32. The second kappa shape index (κ2) is 9.38. The number of aryl methyl sites for hydroxylation is 1. The maximum absolute atomic E-state index is 12.1. The Bertz CT molecular complexity index is 1050. The number of carbonyl (C=O) groups is 2. The Hall–Kier alpha value is -3.13. The van der Waals surface area contributed by atoms with E-state index < -0.39 is 0 Å². The first-order valence-electron chi connectivity index (χ1n) is 9.18. The smallest absolute Gasteiger partial charge is 0.243 e. The minimum atomic E-state index is -0.267. The third kappa shape index (κ3) is 5.23. The van der Waals surface area contributed by atoms with Crippen molar-refractivity contribution >= 4 is 46.0 Å². The van der Waals surface area contributed by atoms with Crippen molar-refractivity contribution in [2.24, 2.45) is 0 Å². The maximum atomic E-state index is 12.1. The number of rotatable bonds is 7. The molecule has 1 aromatic heterocycles. The van der Waals surface area contributed by atoms with Crippen LogP contribution in [0.25, 0.3) is 10.9 Å². The van der Waals surface area contributed by atoms with Crippen molar-refractivity contribution < 1.29 is 9.59 Å². The molecule has 0 unspecified atom stereocenters. The highest BCUT2D eigenvalue weighted by atomic mass is 32.2. The lowest BCUT2D eigenvalue weighted by atomic mass is 10.1. The van der Waals surface area contributed by atoms with Crippen molar-refractivity contribution in [2.75, 3.05) is 30.0 Å². The van der Waals surface area contributed by atoms with E-state index >= 15 is 0 Å². The quantitative estimate of drug-likeness (QED) is 0.410. The number of benzene rings is 2. The standard InChI is InChI=1S/C21H23N5O2S/c1-13-7-6-10-16(14(13)2)24-18(27)11-23-19(28)12-29-21-25-17-9-5-4-8-15(17)20(22-3)26-21/h4-10H,11-12H2,1-3H3,(H,23,28)(H,24,27)(H,22,25,26). The second-order valence-corrected chi connectivity index (χ2v) is 7.43. The summed E-state index contributed by atoms with van der Waals surface area (Å²) in [5.74, 6) is 0.315. The predicted molar refractivity (Wildman–Crippen MR) is 117 cm³/mol. The van der Waals surface area contributed by atoms with Gasteiger partial charge in [-0.3, -0.25) is 9.59 Å². The van der Waals surface area contributed by atoms with Gasteiger partial charge in [-0.15, -0.1) is 0 Å². The molecule has 2 amide bonds. The summed E-state index contributed by atoms with van der Waals surface area (Å²) in [6.45, 7) is 3.84. The van der Waals surface area contributed by atoms with Gasteiger partial charge in [-0.2, -0.15) is 0 Å². The molecule has 0 spiro atoms. The molecule has 3 aromatic rings. The van der Waals surface area contributed by atoms with Crippen LogP contribution in [0.4, 0.5) is 11.5 Å². The largest absolute Gasteiger partial charge is 0.372 e. The van der Waals surface area contributed by atoms with Crippen molar-refractivity contribution in [2.45, 2.75) is 19.0 Å². The third-order valence-electron chi connectivity index (χ3n) is 4.48. The molecule has 3 N–H and O–H groups in total. The second-order valence-electron chi connectivity index (χ2n) is 6.48. The van der Waals surface area contributed by atoms with E-state index in [0.717, 1.165) is 27.7 Å². The van der Waals surface area contributed by atoms with Gasteiger partial charge in [-0.05, 0) is 43.2 Å². The summed E-state index contributed by atoms with van der Waals surface area (Å²) in [5.41, 5.74) is 3.67. The van der Waals surface area contributed by atoms with Crippen molar-refractivity contribution in [1.82, 2.24) is 15.3 Å². The van der Waals surface area contributed by atoms with Gasteiger partial charge in [-0.1, -0.05) is 36.0 Å². The van der Waals surface area contributed by atoms with Crippen LogP contribution in [-0.4, -0.2) is 41.1 Å². The fourth-order valence-corrected chi connectivity index (χ4v) is 3.43. The van der Waals surface area contributed by atoms with Crippen LogP contribution in [0.5, 0.6) is 0 Å². The van der Waals surface area contributed by atoms with Crippen molar-refractivity contribution in [1.29, 1.82) is 0 Å². The van der Waals surface area contributed by atoms with E-state index in [9.17, 15) is 9.59 Å². The van der Waals surface area contributed by atoms with Crippen molar-refractivity contribution in [3.8, 4) is 0 Å². The Labute approximate surface area is 173 Å². The van der Waals surface area contributed by atoms with Crippen LogP contribution >= 0.6 is 11.8 Å². The predicted octanol–water partition coefficient (Wildman–Crippen LogP) is 3.14. The Balaban J connectivity index is 1.53. The van der Waals surface area contributed by atoms with E-state index in [2.05, 4.69) is 25.9 Å². The van der Waals surface area contributed by atoms with Crippen LogP contribution in [-0.2, 0) is 9.59 Å². The molecule has 0 atom stereocenters. The lowest BCUT2D eigenvalue weighted by Crippen LogP contribution is -2.34. The highest BCUT2D eigenvalue weighted by Gasteiger charge is 2.11. The maximum Gasteiger partial charge on any atom is 0.243 e. The number of anilines is 2. The number of carbonyl (C=O) groups excluding carboxylic acids is 2. The van der Waals surface area contributed by atoms with Crippen LogP contribution in [0.2, 0.25) is 0 Å². The minimum absolute atomic E-state index is 0.0902. The average Bonchev–Trinajstić information content (AvgIpc) is 2.73. The van der Waals surface area contributed by atoms with Gasteiger partial charge in [0.25, 0.3) is 0 Å². The Morgan fingerprint density at radius 1 is 1.00 bits per heavy atom. The molecule has 29 heavy (non-hydrogen) atoms.